The number of nitrogens with zero attached hydrogens (tertiary/aromatic N) is 2. The minimum absolute atomic E-state index is 0.164. The number of hydrogen-bond acceptors (Lipinski definition) is 4. The van der Waals surface area contributed by atoms with E-state index in [2.05, 4.69) is 21.8 Å². The molecule has 0 aromatic heterocycles. The summed E-state index contributed by atoms with van der Waals surface area (Å²) in [5.74, 6) is 0. The summed E-state index contributed by atoms with van der Waals surface area (Å²) in [7, 11) is -3.61. The summed E-state index contributed by atoms with van der Waals surface area (Å²) in [5.41, 5.74) is 0.896. The Balaban J connectivity index is 2.01. The van der Waals surface area contributed by atoms with Crippen molar-refractivity contribution in [1.82, 2.24) is 9.73 Å². The highest BCUT2D eigenvalue weighted by Gasteiger charge is 2.16. The predicted octanol–water partition coefficient (Wildman–Crippen LogP) is 2.09. The molecule has 0 aliphatic carbocycles. The summed E-state index contributed by atoms with van der Waals surface area (Å²) in [6.07, 6.45) is 1.61. The number of rotatable bonds is 4. The number of piperidine rings is 1. The topological polar surface area (TPSA) is 61.8 Å². The van der Waals surface area contributed by atoms with Crippen LogP contribution in [0.1, 0.15) is 19.8 Å². The van der Waals surface area contributed by atoms with Crippen LogP contribution in [0.25, 0.3) is 0 Å². The lowest BCUT2D eigenvalue weighted by atomic mass is 10.1. The van der Waals surface area contributed by atoms with Crippen molar-refractivity contribution in [3.8, 4) is 0 Å². The van der Waals surface area contributed by atoms with Crippen molar-refractivity contribution < 1.29 is 8.42 Å². The molecule has 7 heteroatoms. The largest absolute Gasteiger partial charge is 0.303 e. The lowest BCUT2D eigenvalue weighted by molar-refractivity contribution is 0.289. The Morgan fingerprint density at radius 3 is 2.40 bits per heavy atom. The molecule has 0 atom stereocenters. The summed E-state index contributed by atoms with van der Waals surface area (Å²) in [5, 5.41) is 4.54. The van der Waals surface area contributed by atoms with Crippen molar-refractivity contribution >= 4 is 27.3 Å². The van der Waals surface area contributed by atoms with Crippen molar-refractivity contribution in [3.63, 3.8) is 0 Å². The van der Waals surface area contributed by atoms with E-state index in [0.29, 0.717) is 5.02 Å². The third-order valence-corrected chi connectivity index (χ3v) is 4.80. The van der Waals surface area contributed by atoms with Crippen LogP contribution in [0.15, 0.2) is 34.3 Å². The van der Waals surface area contributed by atoms with Crippen LogP contribution in [0, 0.1) is 0 Å². The third-order valence-electron chi connectivity index (χ3n) is 3.33. The average molecular weight is 316 g/mol. The molecule has 5 nitrogen and oxygen atoms in total. The third kappa shape index (κ3) is 3.94. The van der Waals surface area contributed by atoms with Gasteiger partial charge in [0.25, 0.3) is 10.0 Å². The number of hydrogen-bond donors (Lipinski definition) is 1. The van der Waals surface area contributed by atoms with E-state index in [1.807, 2.05) is 0 Å². The SMILES string of the molecule is CCN1CCC(=NNS(=O)(=O)c2ccc(Cl)cc2)CC1. The van der Waals surface area contributed by atoms with Gasteiger partial charge in [0, 0.05) is 36.7 Å². The molecule has 1 aliphatic rings. The summed E-state index contributed by atoms with van der Waals surface area (Å²) in [6, 6.07) is 6.01. The first kappa shape index (κ1) is 15.3. The molecule has 1 fully saturated rings. The van der Waals surface area contributed by atoms with E-state index in [1.54, 1.807) is 12.1 Å². The van der Waals surface area contributed by atoms with Crippen LogP contribution in [0.5, 0.6) is 0 Å². The van der Waals surface area contributed by atoms with Crippen molar-refractivity contribution in [2.45, 2.75) is 24.7 Å². The molecule has 1 aromatic rings. The molecule has 1 N–H and O–H groups in total. The first-order valence-electron chi connectivity index (χ1n) is 6.56. The van der Waals surface area contributed by atoms with Crippen molar-refractivity contribution in [3.05, 3.63) is 29.3 Å². The molecule has 0 bridgehead atoms. The Hall–Kier alpha value is -1.11. The Kier molecular flexibility index (Phi) is 5.01. The van der Waals surface area contributed by atoms with E-state index in [-0.39, 0.29) is 4.90 Å². The maximum Gasteiger partial charge on any atom is 0.276 e. The van der Waals surface area contributed by atoms with Crippen LogP contribution in [-0.4, -0.2) is 38.7 Å². The van der Waals surface area contributed by atoms with Crippen molar-refractivity contribution in [2.24, 2.45) is 5.10 Å². The zero-order chi connectivity index (χ0) is 14.6. The monoisotopic (exact) mass is 315 g/mol. The van der Waals surface area contributed by atoms with Gasteiger partial charge in [-0.3, -0.25) is 0 Å². The zero-order valence-electron chi connectivity index (χ0n) is 11.3. The summed E-state index contributed by atoms with van der Waals surface area (Å²) >= 11 is 5.74. The Bertz CT molecular complexity index is 574. The lowest BCUT2D eigenvalue weighted by Gasteiger charge is -2.25. The Labute approximate surface area is 124 Å². The van der Waals surface area contributed by atoms with Gasteiger partial charge in [-0.2, -0.15) is 13.5 Å². The van der Waals surface area contributed by atoms with Gasteiger partial charge in [-0.15, -0.1) is 0 Å². The summed E-state index contributed by atoms with van der Waals surface area (Å²) < 4.78 is 24.1. The lowest BCUT2D eigenvalue weighted by Crippen LogP contribution is -2.34. The van der Waals surface area contributed by atoms with E-state index >= 15 is 0 Å². The Morgan fingerprint density at radius 2 is 1.85 bits per heavy atom. The molecular weight excluding hydrogens is 298 g/mol. The molecule has 0 amide bonds. The van der Waals surface area contributed by atoms with Crippen molar-refractivity contribution in [1.29, 1.82) is 0 Å². The molecular formula is C13H18ClN3O2S. The van der Waals surface area contributed by atoms with Gasteiger partial charge in [0.05, 0.1) is 4.90 Å². The molecule has 0 spiro atoms. The number of sulfonamides is 1. The number of halogens is 1. The van der Waals surface area contributed by atoms with Gasteiger partial charge in [-0.05, 0) is 30.8 Å². The van der Waals surface area contributed by atoms with Gasteiger partial charge in [0.2, 0.25) is 0 Å². The van der Waals surface area contributed by atoms with Crippen LogP contribution in [-0.2, 0) is 10.0 Å². The van der Waals surface area contributed by atoms with Crippen LogP contribution in [0.3, 0.4) is 0 Å². The van der Waals surface area contributed by atoms with Gasteiger partial charge in [-0.1, -0.05) is 18.5 Å². The van der Waals surface area contributed by atoms with Gasteiger partial charge in [0.15, 0.2) is 0 Å². The molecule has 1 heterocycles. The highest BCUT2D eigenvalue weighted by Crippen LogP contribution is 2.14. The van der Waals surface area contributed by atoms with E-state index in [4.69, 9.17) is 11.6 Å². The van der Waals surface area contributed by atoms with E-state index < -0.39 is 10.0 Å². The van der Waals surface area contributed by atoms with Gasteiger partial charge in [0.1, 0.15) is 0 Å². The maximum atomic E-state index is 12.0. The second-order valence-electron chi connectivity index (χ2n) is 4.66. The maximum absolute atomic E-state index is 12.0. The molecule has 2 rings (SSSR count). The second kappa shape index (κ2) is 6.56. The van der Waals surface area contributed by atoms with Crippen LogP contribution in [0.4, 0.5) is 0 Å². The molecule has 20 heavy (non-hydrogen) atoms. The number of likely N-dealkylation sites (tertiary alicyclic amines) is 1. The number of nitrogens with one attached hydrogen (secondary N) is 1. The smallest absolute Gasteiger partial charge is 0.276 e. The van der Waals surface area contributed by atoms with Gasteiger partial charge in [-0.25, -0.2) is 4.83 Å². The molecule has 1 aliphatic heterocycles. The van der Waals surface area contributed by atoms with Crippen LogP contribution >= 0.6 is 11.6 Å². The molecule has 0 saturated carbocycles. The molecule has 0 radical (unpaired) electrons. The highest BCUT2D eigenvalue weighted by atomic mass is 35.5. The van der Waals surface area contributed by atoms with E-state index in [0.717, 1.165) is 38.2 Å². The van der Waals surface area contributed by atoms with Crippen LogP contribution in [0.2, 0.25) is 5.02 Å². The minimum atomic E-state index is -3.61. The second-order valence-corrected chi connectivity index (χ2v) is 6.76. The molecule has 1 saturated heterocycles. The molecule has 0 unspecified atom stereocenters. The first-order valence-corrected chi connectivity index (χ1v) is 8.42. The van der Waals surface area contributed by atoms with E-state index in [1.165, 1.54) is 12.1 Å². The summed E-state index contributed by atoms with van der Waals surface area (Å²) in [4.78, 5) is 4.77. The average Bonchev–Trinajstić information content (AvgIpc) is 2.46. The predicted molar refractivity (Wildman–Crippen MR) is 80.6 cm³/mol. The molecule has 1 aromatic carbocycles. The van der Waals surface area contributed by atoms with Gasteiger partial charge < -0.3 is 4.90 Å². The fourth-order valence-electron chi connectivity index (χ4n) is 2.03. The fourth-order valence-corrected chi connectivity index (χ4v) is 3.01. The quantitative estimate of drug-likeness (QED) is 0.865. The van der Waals surface area contributed by atoms with Gasteiger partial charge >= 0.3 is 0 Å². The first-order chi connectivity index (χ1) is 9.51. The number of benzene rings is 1. The summed E-state index contributed by atoms with van der Waals surface area (Å²) in [6.45, 7) is 4.99. The highest BCUT2D eigenvalue weighted by molar-refractivity contribution is 7.89. The van der Waals surface area contributed by atoms with Crippen LogP contribution < -0.4 is 4.83 Å². The zero-order valence-corrected chi connectivity index (χ0v) is 12.9. The minimum Gasteiger partial charge on any atom is -0.303 e. The standard InChI is InChI=1S/C13H18ClN3O2S/c1-2-17-9-7-12(8-10-17)15-16-20(18,19)13-5-3-11(14)4-6-13/h3-6,16H,2,7-10H2,1H3. The van der Waals surface area contributed by atoms with Crippen molar-refractivity contribution in [2.75, 3.05) is 19.6 Å². The molecule has 110 valence electrons. The fraction of sp³-hybridized carbons (Fsp3) is 0.462. The number of hydrazone groups is 1. The Morgan fingerprint density at radius 1 is 1.25 bits per heavy atom. The van der Waals surface area contributed by atoms with E-state index in [9.17, 15) is 8.42 Å². The normalized spacial score (nSPS) is 17.0.